The third kappa shape index (κ3) is 1.33. The Balaban J connectivity index is 1.32. The first kappa shape index (κ1) is 13.1. The molecule has 0 radical (unpaired) electrons. The maximum Gasteiger partial charge on any atom is 0.234 e. The molecule has 3 nitrogen and oxygen atoms in total. The lowest BCUT2D eigenvalue weighted by Gasteiger charge is -2.59. The van der Waals surface area contributed by atoms with Gasteiger partial charge < -0.3 is 0 Å². The van der Waals surface area contributed by atoms with Crippen molar-refractivity contribution in [1.29, 1.82) is 0 Å². The van der Waals surface area contributed by atoms with Crippen molar-refractivity contribution in [3.63, 3.8) is 0 Å². The molecule has 9 rings (SSSR count). The van der Waals surface area contributed by atoms with Crippen LogP contribution in [0, 0.1) is 53.3 Å². The molecule has 6 atom stereocenters. The highest BCUT2D eigenvalue weighted by atomic mass is 16.2. The SMILES string of the molecule is O=C1[C@@H]2[C@H]3C=C[C@@H]([C@@H]4C[C@@H]34)[C@@H]2C(=O)N1C12CC3CC(CC(C3)C1)C2. The topological polar surface area (TPSA) is 37.4 Å². The molecule has 0 unspecified atom stereocenters. The van der Waals surface area contributed by atoms with Crippen molar-refractivity contribution in [2.75, 3.05) is 0 Å². The molecule has 0 spiro atoms. The van der Waals surface area contributed by atoms with Crippen molar-refractivity contribution >= 4 is 11.8 Å². The summed E-state index contributed by atoms with van der Waals surface area (Å²) in [5.74, 6) is 5.00. The first-order chi connectivity index (χ1) is 11.6. The molecule has 8 aliphatic carbocycles. The molecule has 0 aromatic heterocycles. The van der Waals surface area contributed by atoms with Crippen molar-refractivity contribution in [2.24, 2.45) is 53.3 Å². The number of amides is 2. The molecular formula is C21H25NO2. The van der Waals surface area contributed by atoms with Crippen LogP contribution in [0.15, 0.2) is 12.2 Å². The molecule has 3 heteroatoms. The highest BCUT2D eigenvalue weighted by molar-refractivity contribution is 6.07. The smallest absolute Gasteiger partial charge is 0.234 e. The highest BCUT2D eigenvalue weighted by Gasteiger charge is 2.70. The van der Waals surface area contributed by atoms with Crippen LogP contribution in [-0.4, -0.2) is 22.3 Å². The first-order valence-corrected chi connectivity index (χ1v) is 10.2. The van der Waals surface area contributed by atoms with Crippen LogP contribution in [0.5, 0.6) is 0 Å². The fourth-order valence-electron chi connectivity index (χ4n) is 8.76. The van der Waals surface area contributed by atoms with E-state index in [1.165, 1.54) is 25.7 Å². The van der Waals surface area contributed by atoms with Crippen LogP contribution in [0.3, 0.4) is 0 Å². The van der Waals surface area contributed by atoms with Gasteiger partial charge in [0.05, 0.1) is 17.4 Å². The van der Waals surface area contributed by atoms with Crippen molar-refractivity contribution in [3.05, 3.63) is 12.2 Å². The summed E-state index contributed by atoms with van der Waals surface area (Å²) in [6.45, 7) is 0. The maximum absolute atomic E-state index is 13.5. The summed E-state index contributed by atoms with van der Waals surface area (Å²) in [5, 5.41) is 0. The maximum atomic E-state index is 13.5. The predicted octanol–water partition coefficient (Wildman–Crippen LogP) is 3.01. The van der Waals surface area contributed by atoms with Crippen molar-refractivity contribution in [2.45, 2.75) is 50.5 Å². The van der Waals surface area contributed by atoms with Gasteiger partial charge >= 0.3 is 0 Å². The number of hydrogen-bond donors (Lipinski definition) is 0. The van der Waals surface area contributed by atoms with Crippen LogP contribution >= 0.6 is 0 Å². The highest BCUT2D eigenvalue weighted by Crippen LogP contribution is 2.67. The minimum Gasteiger partial charge on any atom is -0.276 e. The number of carbonyl (C=O) groups excluding carboxylic acids is 2. The van der Waals surface area contributed by atoms with Crippen LogP contribution in [0.4, 0.5) is 0 Å². The van der Waals surface area contributed by atoms with Gasteiger partial charge in [-0.3, -0.25) is 14.5 Å². The second-order valence-electron chi connectivity index (χ2n) is 10.3. The summed E-state index contributed by atoms with van der Waals surface area (Å²) < 4.78 is 0. The summed E-state index contributed by atoms with van der Waals surface area (Å²) in [4.78, 5) is 28.9. The summed E-state index contributed by atoms with van der Waals surface area (Å²) in [6, 6.07) is 0. The van der Waals surface area contributed by atoms with Gasteiger partial charge in [0.25, 0.3) is 0 Å². The lowest BCUT2D eigenvalue weighted by atomic mass is 9.52. The van der Waals surface area contributed by atoms with Gasteiger partial charge in [0.1, 0.15) is 0 Å². The minimum absolute atomic E-state index is 0.00394. The average Bonchev–Trinajstić information content (AvgIpc) is 3.30. The van der Waals surface area contributed by atoms with E-state index in [0.29, 0.717) is 23.7 Å². The van der Waals surface area contributed by atoms with Gasteiger partial charge in [-0.05, 0) is 86.4 Å². The lowest BCUT2D eigenvalue weighted by Crippen LogP contribution is -2.62. The molecule has 0 aromatic rings. The zero-order valence-electron chi connectivity index (χ0n) is 14.1. The van der Waals surface area contributed by atoms with Gasteiger partial charge in [0, 0.05) is 0 Å². The number of hydrogen-bond acceptors (Lipinski definition) is 2. The van der Waals surface area contributed by atoms with Crippen LogP contribution < -0.4 is 0 Å². The fourth-order valence-corrected chi connectivity index (χ4v) is 8.76. The fraction of sp³-hybridized carbons (Fsp3) is 0.810. The van der Waals surface area contributed by atoms with Crippen molar-refractivity contribution in [1.82, 2.24) is 4.90 Å². The van der Waals surface area contributed by atoms with Gasteiger partial charge in [0.15, 0.2) is 0 Å². The number of likely N-dealkylation sites (tertiary alicyclic amines) is 1. The van der Waals surface area contributed by atoms with Crippen molar-refractivity contribution in [3.8, 4) is 0 Å². The Morgan fingerprint density at radius 2 is 1.21 bits per heavy atom. The zero-order valence-corrected chi connectivity index (χ0v) is 14.1. The molecule has 24 heavy (non-hydrogen) atoms. The van der Waals surface area contributed by atoms with Gasteiger partial charge in [-0.25, -0.2) is 0 Å². The Labute approximate surface area is 142 Å². The lowest BCUT2D eigenvalue weighted by molar-refractivity contribution is -0.159. The monoisotopic (exact) mass is 323 g/mol. The number of rotatable bonds is 1. The zero-order chi connectivity index (χ0) is 15.8. The minimum atomic E-state index is -0.0795. The van der Waals surface area contributed by atoms with Crippen LogP contribution in [0.2, 0.25) is 0 Å². The Hall–Kier alpha value is -1.12. The Bertz CT molecular complexity index is 637. The molecular weight excluding hydrogens is 298 g/mol. The molecule has 1 heterocycles. The summed E-state index contributed by atoms with van der Waals surface area (Å²) in [6.07, 6.45) is 13.3. The Kier molecular flexibility index (Phi) is 2.10. The molecule has 0 N–H and O–H groups in total. The second-order valence-corrected chi connectivity index (χ2v) is 10.3. The van der Waals surface area contributed by atoms with E-state index in [4.69, 9.17) is 0 Å². The third-order valence-corrected chi connectivity index (χ3v) is 9.14. The van der Waals surface area contributed by atoms with E-state index in [1.54, 1.807) is 0 Å². The molecule has 1 aliphatic heterocycles. The molecule has 6 bridgehead atoms. The standard InChI is InChI=1S/C21H25NO2/c23-19-17-13-1-2-14(16-6-15(13)16)18(17)20(24)22(19)21-7-10-3-11(8-21)5-12(4-10)9-21/h1-2,10-18H,3-9H2/t10?,11?,12?,13-,14-,15-,16-,17-,18+,21?/m0/s1. The second kappa shape index (κ2) is 3.83. The first-order valence-electron chi connectivity index (χ1n) is 10.2. The van der Waals surface area contributed by atoms with E-state index < -0.39 is 0 Å². The van der Waals surface area contributed by atoms with Crippen LogP contribution in [-0.2, 0) is 9.59 Å². The number of imide groups is 1. The van der Waals surface area contributed by atoms with Gasteiger partial charge in [-0.15, -0.1) is 0 Å². The molecule has 6 saturated carbocycles. The Morgan fingerprint density at radius 3 is 1.67 bits per heavy atom. The predicted molar refractivity (Wildman–Crippen MR) is 87.5 cm³/mol. The van der Waals surface area contributed by atoms with Crippen LogP contribution in [0.1, 0.15) is 44.9 Å². The number of nitrogens with zero attached hydrogens (tertiary/aromatic N) is 1. The summed E-state index contributed by atoms with van der Waals surface area (Å²) >= 11 is 0. The third-order valence-electron chi connectivity index (χ3n) is 9.14. The van der Waals surface area contributed by atoms with Gasteiger partial charge in [-0.1, -0.05) is 12.2 Å². The molecule has 2 amide bonds. The van der Waals surface area contributed by atoms with E-state index in [-0.39, 0.29) is 29.2 Å². The van der Waals surface area contributed by atoms with E-state index in [0.717, 1.165) is 37.0 Å². The number of carbonyl (C=O) groups is 2. The summed E-state index contributed by atoms with van der Waals surface area (Å²) in [7, 11) is 0. The van der Waals surface area contributed by atoms with E-state index in [9.17, 15) is 9.59 Å². The van der Waals surface area contributed by atoms with Gasteiger partial charge in [-0.2, -0.15) is 0 Å². The Morgan fingerprint density at radius 1 is 0.750 bits per heavy atom. The summed E-state index contributed by atoms with van der Waals surface area (Å²) in [5.41, 5.74) is -0.0795. The van der Waals surface area contributed by atoms with Crippen molar-refractivity contribution < 1.29 is 9.59 Å². The van der Waals surface area contributed by atoms with E-state index in [2.05, 4.69) is 12.2 Å². The van der Waals surface area contributed by atoms with Crippen LogP contribution in [0.25, 0.3) is 0 Å². The normalized spacial score (nSPS) is 61.5. The van der Waals surface area contributed by atoms with Gasteiger partial charge in [0.2, 0.25) is 11.8 Å². The quantitative estimate of drug-likeness (QED) is 0.549. The van der Waals surface area contributed by atoms with E-state index >= 15 is 0 Å². The number of allylic oxidation sites excluding steroid dienone is 2. The van der Waals surface area contributed by atoms with E-state index in [1.807, 2.05) is 4.90 Å². The molecule has 1 saturated heterocycles. The molecule has 126 valence electrons. The largest absolute Gasteiger partial charge is 0.276 e. The average molecular weight is 323 g/mol. The molecule has 9 aliphatic rings. The molecule has 7 fully saturated rings. The molecule has 0 aromatic carbocycles.